The molecule has 34 heavy (non-hydrogen) atoms. The van der Waals surface area contributed by atoms with Crippen LogP contribution in [0, 0.1) is 5.82 Å². The van der Waals surface area contributed by atoms with Crippen molar-refractivity contribution in [3.63, 3.8) is 0 Å². The van der Waals surface area contributed by atoms with Crippen molar-refractivity contribution in [3.8, 4) is 17.1 Å². The molecule has 1 N–H and O–H groups in total. The minimum Gasteiger partial charge on any atom is -0.496 e. The second-order valence-electron chi connectivity index (χ2n) is 8.21. The van der Waals surface area contributed by atoms with Crippen molar-refractivity contribution in [3.05, 3.63) is 70.3 Å². The molecule has 1 fully saturated rings. The second-order valence-corrected chi connectivity index (χ2v) is 9.17. The number of aromatic nitrogens is 3. The molecule has 0 spiro atoms. The topological polar surface area (TPSA) is 88.2 Å². The number of carbonyl (C=O) groups is 1. The Bertz CT molecular complexity index is 1400. The number of rotatable bonds is 7. The number of aromatic amines is 1. The van der Waals surface area contributed by atoms with Gasteiger partial charge in [-0.1, -0.05) is 41.7 Å². The van der Waals surface area contributed by atoms with Gasteiger partial charge in [0.25, 0.3) is 5.56 Å². The van der Waals surface area contributed by atoms with Crippen LogP contribution in [-0.2, 0) is 11.2 Å². The van der Waals surface area contributed by atoms with E-state index in [1.165, 1.54) is 36.6 Å². The lowest BCUT2D eigenvalue weighted by molar-refractivity contribution is -0.120. The predicted octanol–water partition coefficient (Wildman–Crippen LogP) is 4.37. The van der Waals surface area contributed by atoms with Gasteiger partial charge in [-0.2, -0.15) is 0 Å². The van der Waals surface area contributed by atoms with Crippen LogP contribution in [0.1, 0.15) is 24.8 Å². The molecule has 2 aromatic heterocycles. The van der Waals surface area contributed by atoms with Crippen molar-refractivity contribution < 1.29 is 13.9 Å². The molecule has 4 aromatic rings. The Morgan fingerprint density at radius 2 is 2.06 bits per heavy atom. The fraction of sp³-hybridized carbons (Fsp3) is 0.280. The number of H-pyrrole nitrogens is 1. The summed E-state index contributed by atoms with van der Waals surface area (Å²) < 4.78 is 18.9. The molecule has 174 valence electrons. The average molecular weight is 479 g/mol. The number of halogens is 1. The smallest absolute Gasteiger partial charge is 0.278 e. The van der Waals surface area contributed by atoms with Crippen LogP contribution < -0.4 is 15.2 Å². The molecule has 0 bridgehead atoms. The van der Waals surface area contributed by atoms with E-state index in [1.54, 1.807) is 0 Å². The molecule has 0 radical (unpaired) electrons. The fourth-order valence-corrected chi connectivity index (χ4v) is 5.36. The highest BCUT2D eigenvalue weighted by Crippen LogP contribution is 2.34. The first-order valence-corrected chi connectivity index (χ1v) is 11.9. The SMILES string of the molecule is COc1cc(F)ccc1-c1nc2sc(N3CCC[C@@H]3C(=O)CCc3ccccc3)nc2c(=O)[nH]1. The number of anilines is 1. The summed E-state index contributed by atoms with van der Waals surface area (Å²) in [5, 5.41) is 0.617. The van der Waals surface area contributed by atoms with Gasteiger partial charge in [0.05, 0.1) is 18.7 Å². The Balaban J connectivity index is 1.42. The van der Waals surface area contributed by atoms with Gasteiger partial charge in [-0.05, 0) is 37.0 Å². The first-order valence-electron chi connectivity index (χ1n) is 11.1. The normalized spacial score (nSPS) is 15.7. The van der Waals surface area contributed by atoms with Crippen molar-refractivity contribution in [2.45, 2.75) is 31.7 Å². The van der Waals surface area contributed by atoms with E-state index in [2.05, 4.69) is 15.0 Å². The lowest BCUT2D eigenvalue weighted by Crippen LogP contribution is -2.36. The Morgan fingerprint density at radius 1 is 1.24 bits per heavy atom. The number of ketones is 1. The maximum Gasteiger partial charge on any atom is 0.278 e. The number of ether oxygens (including phenoxy) is 1. The third kappa shape index (κ3) is 4.31. The van der Waals surface area contributed by atoms with E-state index in [-0.39, 0.29) is 34.5 Å². The molecule has 0 unspecified atom stereocenters. The number of fused-ring (bicyclic) bond motifs is 1. The van der Waals surface area contributed by atoms with Crippen LogP contribution in [0.25, 0.3) is 21.7 Å². The molecular weight excluding hydrogens is 455 g/mol. The van der Waals surface area contributed by atoms with Gasteiger partial charge in [0.15, 0.2) is 21.3 Å². The maximum atomic E-state index is 13.6. The van der Waals surface area contributed by atoms with Gasteiger partial charge in [-0.3, -0.25) is 9.59 Å². The monoisotopic (exact) mass is 478 g/mol. The van der Waals surface area contributed by atoms with E-state index < -0.39 is 5.82 Å². The van der Waals surface area contributed by atoms with Gasteiger partial charge in [0.1, 0.15) is 17.4 Å². The second kappa shape index (κ2) is 9.34. The highest BCUT2D eigenvalue weighted by molar-refractivity contribution is 7.21. The van der Waals surface area contributed by atoms with E-state index in [0.29, 0.717) is 34.9 Å². The van der Waals surface area contributed by atoms with Crippen molar-refractivity contribution in [2.24, 2.45) is 0 Å². The van der Waals surface area contributed by atoms with Gasteiger partial charge in [-0.15, -0.1) is 0 Å². The highest BCUT2D eigenvalue weighted by Gasteiger charge is 2.32. The number of hydrogen-bond donors (Lipinski definition) is 1. The zero-order valence-corrected chi connectivity index (χ0v) is 19.4. The summed E-state index contributed by atoms with van der Waals surface area (Å²) >= 11 is 1.29. The van der Waals surface area contributed by atoms with Gasteiger partial charge in [-0.25, -0.2) is 14.4 Å². The number of aryl methyl sites for hydroxylation is 1. The van der Waals surface area contributed by atoms with E-state index in [9.17, 15) is 14.0 Å². The number of thiazole rings is 1. The summed E-state index contributed by atoms with van der Waals surface area (Å²) in [5.74, 6) is 0.289. The van der Waals surface area contributed by atoms with E-state index in [1.807, 2.05) is 35.2 Å². The molecule has 5 rings (SSSR count). The van der Waals surface area contributed by atoms with Crippen molar-refractivity contribution in [1.82, 2.24) is 15.0 Å². The largest absolute Gasteiger partial charge is 0.496 e. The van der Waals surface area contributed by atoms with Crippen LogP contribution in [0.5, 0.6) is 5.75 Å². The Morgan fingerprint density at radius 3 is 2.85 bits per heavy atom. The van der Waals surface area contributed by atoms with E-state index in [4.69, 9.17) is 4.74 Å². The summed E-state index contributed by atoms with van der Waals surface area (Å²) in [6.45, 7) is 0.706. The van der Waals surface area contributed by atoms with Crippen LogP contribution in [0.15, 0.2) is 53.3 Å². The van der Waals surface area contributed by atoms with E-state index >= 15 is 0 Å². The molecule has 0 saturated carbocycles. The predicted molar refractivity (Wildman–Crippen MR) is 130 cm³/mol. The molecule has 1 saturated heterocycles. The molecule has 7 nitrogen and oxygen atoms in total. The quantitative estimate of drug-likeness (QED) is 0.425. The third-order valence-corrected chi connectivity index (χ3v) is 7.04. The van der Waals surface area contributed by atoms with Crippen LogP contribution in [0.3, 0.4) is 0 Å². The molecule has 1 aliphatic rings. The molecule has 0 aliphatic carbocycles. The van der Waals surface area contributed by atoms with E-state index in [0.717, 1.165) is 18.4 Å². The summed E-state index contributed by atoms with van der Waals surface area (Å²) in [5.41, 5.74) is 1.46. The van der Waals surface area contributed by atoms with Gasteiger partial charge < -0.3 is 14.6 Å². The summed E-state index contributed by atoms with van der Waals surface area (Å²) in [7, 11) is 1.43. The molecule has 2 aromatic carbocycles. The fourth-order valence-electron chi connectivity index (χ4n) is 4.34. The third-order valence-electron chi connectivity index (χ3n) is 6.05. The Kier molecular flexibility index (Phi) is 6.10. The number of hydrogen-bond acceptors (Lipinski definition) is 7. The lowest BCUT2D eigenvalue weighted by Gasteiger charge is -2.22. The minimum absolute atomic E-state index is 0.180. The van der Waals surface area contributed by atoms with Crippen molar-refractivity contribution >= 4 is 32.6 Å². The minimum atomic E-state index is -0.443. The van der Waals surface area contributed by atoms with Gasteiger partial charge >= 0.3 is 0 Å². The van der Waals surface area contributed by atoms with Crippen molar-refractivity contribution in [2.75, 3.05) is 18.6 Å². The first kappa shape index (κ1) is 22.2. The standard InChI is InChI=1S/C25H23FN4O3S/c1-33-20-14-16(26)10-11-17(20)22-28-23(32)21-24(29-22)34-25(27-21)30-13-5-8-18(30)19(31)12-9-15-6-3-2-4-7-15/h2-4,6-7,10-11,14,18H,5,8-9,12-13H2,1H3,(H,28,29,32)/t18-/m1/s1. The molecule has 9 heteroatoms. The zero-order valence-electron chi connectivity index (χ0n) is 18.6. The number of nitrogens with zero attached hydrogens (tertiary/aromatic N) is 3. The number of Topliss-reactive ketones (excluding diaryl/α,β-unsaturated/α-hetero) is 1. The van der Waals surface area contributed by atoms with Crippen molar-refractivity contribution in [1.29, 1.82) is 0 Å². The zero-order chi connectivity index (χ0) is 23.7. The van der Waals surface area contributed by atoms with Crippen LogP contribution in [0.4, 0.5) is 9.52 Å². The average Bonchev–Trinajstić information content (AvgIpc) is 3.50. The molecule has 3 heterocycles. The maximum absolute atomic E-state index is 13.6. The highest BCUT2D eigenvalue weighted by atomic mass is 32.1. The van der Waals surface area contributed by atoms with Gasteiger partial charge in [0, 0.05) is 19.0 Å². The molecule has 0 amide bonds. The van der Waals surface area contributed by atoms with Gasteiger partial charge in [0.2, 0.25) is 0 Å². The molecule has 1 atom stereocenters. The molecular formula is C25H23FN4O3S. The number of carbonyl (C=O) groups excluding carboxylic acids is 1. The Labute approximate surface area is 199 Å². The molecule has 1 aliphatic heterocycles. The van der Waals surface area contributed by atoms with Crippen LogP contribution in [-0.4, -0.2) is 40.4 Å². The van der Waals surface area contributed by atoms with Crippen LogP contribution >= 0.6 is 11.3 Å². The summed E-state index contributed by atoms with van der Waals surface area (Å²) in [6.07, 6.45) is 2.82. The summed E-state index contributed by atoms with van der Waals surface area (Å²) in [6, 6.07) is 13.8. The van der Waals surface area contributed by atoms with Crippen LogP contribution in [0.2, 0.25) is 0 Å². The first-order chi connectivity index (χ1) is 16.5. The number of methoxy groups -OCH3 is 1. The lowest BCUT2D eigenvalue weighted by atomic mass is 10.0. The number of nitrogens with one attached hydrogen (secondary N) is 1. The Hall–Kier alpha value is -3.59. The summed E-state index contributed by atoms with van der Waals surface area (Å²) in [4.78, 5) is 40.1. The number of benzene rings is 2.